The van der Waals surface area contributed by atoms with Gasteiger partial charge in [-0.1, -0.05) is 42.5 Å². The summed E-state index contributed by atoms with van der Waals surface area (Å²) >= 11 is 0. The summed E-state index contributed by atoms with van der Waals surface area (Å²) in [6, 6.07) is 16.1. The molecule has 5 nitrogen and oxygen atoms in total. The lowest BCUT2D eigenvalue weighted by atomic mass is 10.1. The Balaban J connectivity index is 1.80. The van der Waals surface area contributed by atoms with Crippen LogP contribution in [0.1, 0.15) is 21.8 Å². The summed E-state index contributed by atoms with van der Waals surface area (Å²) in [6.45, 7) is 0. The second-order valence-electron chi connectivity index (χ2n) is 4.88. The summed E-state index contributed by atoms with van der Waals surface area (Å²) < 4.78 is 5.56. The number of allylic oxidation sites excluding steroid dienone is 1. The number of aromatic nitrogens is 2. The Labute approximate surface area is 125 Å². The molecule has 0 aliphatic heterocycles. The first-order valence-electron chi connectivity index (χ1n) is 6.72. The predicted octanol–water partition coefficient (Wildman–Crippen LogP) is 3.36. The number of rotatable bonds is 2. The van der Waals surface area contributed by atoms with Crippen molar-refractivity contribution in [3.05, 3.63) is 71.6 Å². The lowest BCUT2D eigenvalue weighted by Crippen LogP contribution is -1.98. The van der Waals surface area contributed by atoms with Gasteiger partial charge in [-0.3, -0.25) is 4.79 Å². The van der Waals surface area contributed by atoms with Gasteiger partial charge in [-0.25, -0.2) is 0 Å². The van der Waals surface area contributed by atoms with Crippen LogP contribution in [-0.2, 0) is 0 Å². The van der Waals surface area contributed by atoms with Gasteiger partial charge in [-0.15, -0.1) is 10.2 Å². The van der Waals surface area contributed by atoms with Crippen molar-refractivity contribution in [1.29, 1.82) is 0 Å². The number of carbonyl (C=O) groups excluding carboxylic acids is 1. The maximum Gasteiger partial charge on any atom is 0.255 e. The molecule has 3 aromatic rings. The summed E-state index contributed by atoms with van der Waals surface area (Å²) in [5.41, 5.74) is 1.73. The zero-order valence-electron chi connectivity index (χ0n) is 11.4. The van der Waals surface area contributed by atoms with Crippen molar-refractivity contribution in [3.63, 3.8) is 0 Å². The Hall–Kier alpha value is -3.21. The fourth-order valence-electron chi connectivity index (χ4n) is 2.48. The zero-order chi connectivity index (χ0) is 15.1. The van der Waals surface area contributed by atoms with Gasteiger partial charge in [0.1, 0.15) is 11.3 Å². The molecule has 0 radical (unpaired) electrons. The van der Waals surface area contributed by atoms with Gasteiger partial charge in [0.15, 0.2) is 0 Å². The van der Waals surface area contributed by atoms with Gasteiger partial charge in [0.2, 0.25) is 11.7 Å². The average molecular weight is 290 g/mol. The molecule has 1 aromatic heterocycles. The van der Waals surface area contributed by atoms with E-state index in [4.69, 9.17) is 4.42 Å². The number of Topliss-reactive ketones (excluding diaryl/α,β-unsaturated/α-hetero) is 1. The first-order chi connectivity index (χ1) is 10.8. The van der Waals surface area contributed by atoms with Crippen LogP contribution >= 0.6 is 0 Å². The number of hydrogen-bond donors (Lipinski definition) is 1. The predicted molar refractivity (Wildman–Crippen MR) is 79.9 cm³/mol. The summed E-state index contributed by atoms with van der Waals surface area (Å²) in [7, 11) is 0. The standard InChI is InChI=1S/C17H10N2O3/c20-14-11-8-4-5-9-12(11)15(21)13(14)17-19-18-16(22-17)10-6-2-1-3-7-10/h1-9,20H. The molecule has 2 aromatic carbocycles. The van der Waals surface area contributed by atoms with Crippen molar-refractivity contribution in [3.8, 4) is 11.5 Å². The molecule has 0 bridgehead atoms. The Morgan fingerprint density at radius 1 is 0.818 bits per heavy atom. The second kappa shape index (κ2) is 4.66. The first-order valence-corrected chi connectivity index (χ1v) is 6.72. The smallest absolute Gasteiger partial charge is 0.255 e. The highest BCUT2D eigenvalue weighted by Gasteiger charge is 2.33. The maximum atomic E-state index is 12.4. The van der Waals surface area contributed by atoms with Gasteiger partial charge in [0.05, 0.1) is 0 Å². The Morgan fingerprint density at radius 2 is 1.45 bits per heavy atom. The zero-order valence-corrected chi connectivity index (χ0v) is 11.4. The number of aliphatic hydroxyl groups is 1. The SMILES string of the molecule is O=C1C(c2nnc(-c3ccccc3)o2)=C(O)c2ccccc21. The number of nitrogens with zero attached hydrogens (tertiary/aromatic N) is 2. The van der Waals surface area contributed by atoms with E-state index in [-0.39, 0.29) is 23.0 Å². The van der Waals surface area contributed by atoms with E-state index < -0.39 is 0 Å². The molecule has 106 valence electrons. The van der Waals surface area contributed by atoms with Crippen LogP contribution in [-0.4, -0.2) is 21.1 Å². The molecule has 0 atom stereocenters. The van der Waals surface area contributed by atoms with E-state index in [1.165, 1.54) is 0 Å². The van der Waals surface area contributed by atoms with Crippen molar-refractivity contribution in [2.24, 2.45) is 0 Å². The van der Waals surface area contributed by atoms with Gasteiger partial charge >= 0.3 is 0 Å². The minimum atomic E-state index is -0.309. The summed E-state index contributed by atoms with van der Waals surface area (Å²) in [6.07, 6.45) is 0. The fraction of sp³-hybridized carbons (Fsp3) is 0. The Kier molecular flexibility index (Phi) is 2.66. The molecule has 0 spiro atoms. The molecule has 22 heavy (non-hydrogen) atoms. The van der Waals surface area contributed by atoms with Crippen molar-refractivity contribution in [1.82, 2.24) is 10.2 Å². The van der Waals surface area contributed by atoms with E-state index in [9.17, 15) is 9.90 Å². The molecule has 1 heterocycles. The lowest BCUT2D eigenvalue weighted by molar-refractivity contribution is 0.105. The van der Waals surface area contributed by atoms with Crippen LogP contribution in [0.3, 0.4) is 0 Å². The molecule has 4 rings (SSSR count). The molecule has 0 unspecified atom stereocenters. The van der Waals surface area contributed by atoms with Gasteiger partial charge in [-0.05, 0) is 12.1 Å². The molecule has 0 amide bonds. The molecule has 1 N–H and O–H groups in total. The quantitative estimate of drug-likeness (QED) is 0.783. The van der Waals surface area contributed by atoms with E-state index in [2.05, 4.69) is 10.2 Å². The monoisotopic (exact) mass is 290 g/mol. The van der Waals surface area contributed by atoms with Crippen molar-refractivity contribution in [2.45, 2.75) is 0 Å². The Morgan fingerprint density at radius 3 is 2.18 bits per heavy atom. The van der Waals surface area contributed by atoms with Crippen molar-refractivity contribution in [2.75, 3.05) is 0 Å². The van der Waals surface area contributed by atoms with Crippen LogP contribution in [0.15, 0.2) is 59.0 Å². The number of ketones is 1. The average Bonchev–Trinajstić information content (AvgIpc) is 3.13. The minimum Gasteiger partial charge on any atom is -0.506 e. The van der Waals surface area contributed by atoms with Crippen LogP contribution in [0.2, 0.25) is 0 Å². The van der Waals surface area contributed by atoms with Gasteiger partial charge in [-0.2, -0.15) is 0 Å². The van der Waals surface area contributed by atoms with Crippen molar-refractivity contribution >= 4 is 17.1 Å². The third-order valence-corrected chi connectivity index (χ3v) is 3.55. The maximum absolute atomic E-state index is 12.4. The van der Waals surface area contributed by atoms with Crippen LogP contribution < -0.4 is 0 Å². The minimum absolute atomic E-state index is 0.0255. The van der Waals surface area contributed by atoms with E-state index in [0.29, 0.717) is 17.0 Å². The fourth-order valence-corrected chi connectivity index (χ4v) is 2.48. The molecular formula is C17H10N2O3. The molecule has 5 heteroatoms. The third kappa shape index (κ3) is 1.76. The van der Waals surface area contributed by atoms with Crippen LogP contribution in [0, 0.1) is 0 Å². The molecule has 0 saturated heterocycles. The molecule has 1 aliphatic rings. The number of aliphatic hydroxyl groups excluding tert-OH is 1. The normalized spacial score (nSPS) is 13.5. The summed E-state index contributed by atoms with van der Waals surface area (Å²) in [5, 5.41) is 18.1. The number of benzene rings is 2. The van der Waals surface area contributed by atoms with E-state index >= 15 is 0 Å². The van der Waals surface area contributed by atoms with Crippen molar-refractivity contribution < 1.29 is 14.3 Å². The molecule has 0 saturated carbocycles. The Bertz CT molecular complexity index is 910. The van der Waals surface area contributed by atoms with Crippen LogP contribution in [0.5, 0.6) is 0 Å². The topological polar surface area (TPSA) is 76.2 Å². The van der Waals surface area contributed by atoms with Gasteiger partial charge in [0, 0.05) is 16.7 Å². The van der Waals surface area contributed by atoms with E-state index in [1.807, 2.05) is 30.3 Å². The van der Waals surface area contributed by atoms with Crippen LogP contribution in [0.4, 0.5) is 0 Å². The molecular weight excluding hydrogens is 280 g/mol. The van der Waals surface area contributed by atoms with E-state index in [0.717, 1.165) is 5.56 Å². The van der Waals surface area contributed by atoms with E-state index in [1.54, 1.807) is 24.3 Å². The first kappa shape index (κ1) is 12.5. The highest BCUT2D eigenvalue weighted by molar-refractivity contribution is 6.38. The molecule has 1 aliphatic carbocycles. The largest absolute Gasteiger partial charge is 0.506 e. The second-order valence-corrected chi connectivity index (χ2v) is 4.88. The van der Waals surface area contributed by atoms with Crippen LogP contribution in [0.25, 0.3) is 22.8 Å². The lowest BCUT2D eigenvalue weighted by Gasteiger charge is -1.95. The summed E-state index contributed by atoms with van der Waals surface area (Å²) in [5.74, 6) is -0.0996. The third-order valence-electron chi connectivity index (χ3n) is 3.55. The molecule has 0 fully saturated rings. The number of carbonyl (C=O) groups is 1. The number of hydrogen-bond acceptors (Lipinski definition) is 5. The highest BCUT2D eigenvalue weighted by atomic mass is 16.4. The van der Waals surface area contributed by atoms with Gasteiger partial charge < -0.3 is 9.52 Å². The number of fused-ring (bicyclic) bond motifs is 1. The van der Waals surface area contributed by atoms with Gasteiger partial charge in [0.25, 0.3) is 5.89 Å². The summed E-state index contributed by atoms with van der Waals surface area (Å²) in [4.78, 5) is 12.4. The highest BCUT2D eigenvalue weighted by Crippen LogP contribution is 2.36.